The molecule has 0 radical (unpaired) electrons. The molecule has 1 saturated heterocycles. The first kappa shape index (κ1) is 21.9. The minimum atomic E-state index is -0.406. The van der Waals surface area contributed by atoms with E-state index >= 15 is 0 Å². The molecule has 2 aliphatic rings. The zero-order valence-corrected chi connectivity index (χ0v) is 19.1. The Morgan fingerprint density at radius 3 is 2.44 bits per heavy atom. The van der Waals surface area contributed by atoms with Crippen molar-refractivity contribution in [2.24, 2.45) is 0 Å². The average molecular weight is 454 g/mol. The molecule has 3 aromatic rings. The number of rotatable bonds is 7. The molecule has 0 aromatic heterocycles. The molecule has 6 heteroatoms. The van der Waals surface area contributed by atoms with Crippen LogP contribution in [0.15, 0.2) is 72.8 Å². The number of carbonyl (C=O) groups is 2. The summed E-state index contributed by atoms with van der Waals surface area (Å²) < 4.78 is 5.10. The Kier molecular flexibility index (Phi) is 6.14. The van der Waals surface area contributed by atoms with Gasteiger partial charge in [0.25, 0.3) is 5.91 Å². The predicted octanol–water partition coefficient (Wildman–Crippen LogP) is 5.00. The maximum Gasteiger partial charge on any atom is 0.338 e. The first-order valence-electron chi connectivity index (χ1n) is 11.6. The highest BCUT2D eigenvalue weighted by Gasteiger charge is 2.29. The fourth-order valence-corrected chi connectivity index (χ4v) is 4.28. The highest BCUT2D eigenvalue weighted by molar-refractivity contribution is 6.37. The summed E-state index contributed by atoms with van der Waals surface area (Å²) in [7, 11) is 0. The van der Waals surface area contributed by atoms with Crippen LogP contribution in [0.2, 0.25) is 0 Å². The second kappa shape index (κ2) is 9.53. The molecule has 0 saturated carbocycles. The fraction of sp³-hybridized carbons (Fsp3) is 0.214. The van der Waals surface area contributed by atoms with Crippen molar-refractivity contribution in [1.82, 2.24) is 4.90 Å². The molecule has 0 unspecified atom stereocenters. The van der Waals surface area contributed by atoms with Crippen molar-refractivity contribution >= 4 is 34.5 Å². The van der Waals surface area contributed by atoms with E-state index in [1.807, 2.05) is 30.3 Å². The van der Waals surface area contributed by atoms with Crippen molar-refractivity contribution in [3.05, 3.63) is 95.1 Å². The number of esters is 1. The Morgan fingerprint density at radius 1 is 1.00 bits per heavy atom. The molecule has 0 atom stereocenters. The molecule has 0 spiro atoms. The lowest BCUT2D eigenvalue weighted by Crippen LogP contribution is -2.36. The zero-order valence-electron chi connectivity index (χ0n) is 19.1. The van der Waals surface area contributed by atoms with Crippen molar-refractivity contribution < 1.29 is 14.3 Å². The Hall–Kier alpha value is -3.90. The molecule has 2 heterocycles. The van der Waals surface area contributed by atoms with Crippen LogP contribution >= 0.6 is 0 Å². The van der Waals surface area contributed by atoms with Gasteiger partial charge in [-0.1, -0.05) is 48.5 Å². The van der Waals surface area contributed by atoms with Crippen molar-refractivity contribution in [2.45, 2.75) is 19.9 Å². The lowest BCUT2D eigenvalue weighted by Gasteiger charge is -2.30. The summed E-state index contributed by atoms with van der Waals surface area (Å²) in [5.41, 5.74) is 6.11. The van der Waals surface area contributed by atoms with Crippen molar-refractivity contribution in [2.75, 3.05) is 30.3 Å². The molecular weight excluding hydrogens is 426 g/mol. The van der Waals surface area contributed by atoms with Gasteiger partial charge >= 0.3 is 5.97 Å². The first-order valence-corrected chi connectivity index (χ1v) is 11.6. The molecule has 0 aliphatic carbocycles. The van der Waals surface area contributed by atoms with Crippen LogP contribution in [0.3, 0.4) is 0 Å². The highest BCUT2D eigenvalue weighted by Crippen LogP contribution is 2.38. The Morgan fingerprint density at radius 2 is 1.76 bits per heavy atom. The lowest BCUT2D eigenvalue weighted by molar-refractivity contribution is -0.110. The summed E-state index contributed by atoms with van der Waals surface area (Å²) in [6.45, 7) is 5.36. The third-order valence-electron chi connectivity index (χ3n) is 6.17. The van der Waals surface area contributed by atoms with Gasteiger partial charge in [-0.3, -0.25) is 9.69 Å². The second-order valence-electron chi connectivity index (χ2n) is 8.50. The summed E-state index contributed by atoms with van der Waals surface area (Å²) in [5, 5.41) is 6.40. The molecule has 1 amide bonds. The van der Waals surface area contributed by atoms with E-state index < -0.39 is 5.97 Å². The molecule has 6 nitrogen and oxygen atoms in total. The van der Waals surface area contributed by atoms with E-state index in [4.69, 9.17) is 4.74 Å². The number of carbonyl (C=O) groups excluding carboxylic acids is 2. The van der Waals surface area contributed by atoms with Crippen molar-refractivity contribution in [1.29, 1.82) is 0 Å². The maximum absolute atomic E-state index is 13.1. The minimum absolute atomic E-state index is 0.211. The number of hydrogen-bond donors (Lipinski definition) is 2. The quantitative estimate of drug-likeness (QED) is 0.389. The summed E-state index contributed by atoms with van der Waals surface area (Å²) in [6.07, 6.45) is 1.28. The monoisotopic (exact) mass is 453 g/mol. The van der Waals surface area contributed by atoms with Gasteiger partial charge in [-0.2, -0.15) is 0 Å². The number of hydrogen-bond acceptors (Lipinski definition) is 5. The molecule has 172 valence electrons. The molecule has 3 aromatic carbocycles. The van der Waals surface area contributed by atoms with E-state index in [2.05, 4.69) is 39.8 Å². The Labute approximate surface area is 199 Å². The number of ether oxygens (including phenoxy) is 1. The van der Waals surface area contributed by atoms with Crippen molar-refractivity contribution in [3.63, 3.8) is 0 Å². The highest BCUT2D eigenvalue weighted by atomic mass is 16.5. The lowest BCUT2D eigenvalue weighted by atomic mass is 9.99. The smallest absolute Gasteiger partial charge is 0.338 e. The SMILES string of the molecule is CCOC(=O)c1ccc2c(c1)NC(=O)/C2=C(\Nc1ccc(CN2CCC2)cc1)c1ccccc1. The third-order valence-corrected chi connectivity index (χ3v) is 6.17. The number of nitrogens with one attached hydrogen (secondary N) is 2. The van der Waals surface area contributed by atoms with Gasteiger partial charge in [-0.05, 0) is 61.8 Å². The van der Waals surface area contributed by atoms with Gasteiger partial charge in [-0.15, -0.1) is 0 Å². The molecule has 34 heavy (non-hydrogen) atoms. The van der Waals surface area contributed by atoms with Crippen LogP contribution in [-0.4, -0.2) is 36.5 Å². The van der Waals surface area contributed by atoms with E-state index in [1.165, 1.54) is 12.0 Å². The van der Waals surface area contributed by atoms with Gasteiger partial charge < -0.3 is 15.4 Å². The summed E-state index contributed by atoms with van der Waals surface area (Å²) >= 11 is 0. The Balaban J connectivity index is 1.51. The number of anilines is 2. The van der Waals surface area contributed by atoms with Crippen LogP contribution < -0.4 is 10.6 Å². The van der Waals surface area contributed by atoms with Gasteiger partial charge in [-0.25, -0.2) is 4.79 Å². The molecule has 2 N–H and O–H groups in total. The normalized spacial score (nSPS) is 16.3. The Bertz CT molecular complexity index is 1250. The number of amides is 1. The number of nitrogens with zero attached hydrogens (tertiary/aromatic N) is 1. The fourth-order valence-electron chi connectivity index (χ4n) is 4.28. The molecular formula is C28H27N3O3. The van der Waals surface area contributed by atoms with E-state index in [1.54, 1.807) is 25.1 Å². The van der Waals surface area contributed by atoms with Crippen LogP contribution in [0.5, 0.6) is 0 Å². The van der Waals surface area contributed by atoms with Gasteiger partial charge in [0.15, 0.2) is 0 Å². The van der Waals surface area contributed by atoms with E-state index in [0.717, 1.165) is 42.1 Å². The number of benzene rings is 3. The van der Waals surface area contributed by atoms with E-state index in [9.17, 15) is 9.59 Å². The molecule has 1 fully saturated rings. The van der Waals surface area contributed by atoms with Crippen LogP contribution in [0, 0.1) is 0 Å². The number of likely N-dealkylation sites (tertiary alicyclic amines) is 1. The van der Waals surface area contributed by atoms with Crippen LogP contribution in [-0.2, 0) is 16.1 Å². The molecule has 5 rings (SSSR count). The number of fused-ring (bicyclic) bond motifs is 1. The predicted molar refractivity (Wildman–Crippen MR) is 134 cm³/mol. The van der Waals surface area contributed by atoms with Crippen LogP contribution in [0.25, 0.3) is 11.3 Å². The maximum atomic E-state index is 13.1. The molecule has 2 aliphatic heterocycles. The largest absolute Gasteiger partial charge is 0.462 e. The van der Waals surface area contributed by atoms with Crippen LogP contribution in [0.4, 0.5) is 11.4 Å². The van der Waals surface area contributed by atoms with Gasteiger partial charge in [0.1, 0.15) is 0 Å². The van der Waals surface area contributed by atoms with E-state index in [-0.39, 0.29) is 5.91 Å². The average Bonchev–Trinajstić information content (AvgIpc) is 3.16. The van der Waals surface area contributed by atoms with Gasteiger partial charge in [0.2, 0.25) is 0 Å². The van der Waals surface area contributed by atoms with Crippen molar-refractivity contribution in [3.8, 4) is 0 Å². The second-order valence-corrected chi connectivity index (χ2v) is 8.50. The summed E-state index contributed by atoms with van der Waals surface area (Å²) in [4.78, 5) is 27.7. The zero-order chi connectivity index (χ0) is 23.5. The summed E-state index contributed by atoms with van der Waals surface area (Å²) in [5.74, 6) is -0.617. The van der Waals surface area contributed by atoms with Crippen LogP contribution in [0.1, 0.15) is 40.4 Å². The van der Waals surface area contributed by atoms with Gasteiger partial charge in [0, 0.05) is 17.8 Å². The standard InChI is InChI=1S/C28H27N3O3/c1-2-34-28(33)21-11-14-23-24(17-21)30-27(32)25(23)26(20-7-4-3-5-8-20)29-22-12-9-19(10-13-22)18-31-15-6-16-31/h3-5,7-14,17,29H,2,6,15-16,18H2,1H3,(H,30,32)/b26-25-. The summed E-state index contributed by atoms with van der Waals surface area (Å²) in [6, 6.07) is 23.3. The van der Waals surface area contributed by atoms with E-state index in [0.29, 0.717) is 23.4 Å². The third kappa shape index (κ3) is 4.45. The topological polar surface area (TPSA) is 70.7 Å². The van der Waals surface area contributed by atoms with Gasteiger partial charge in [0.05, 0.1) is 29.1 Å². The minimum Gasteiger partial charge on any atom is -0.462 e. The molecule has 0 bridgehead atoms. The first-order chi connectivity index (χ1) is 16.6.